The van der Waals surface area contributed by atoms with Crippen molar-refractivity contribution in [1.82, 2.24) is 0 Å². The van der Waals surface area contributed by atoms with Crippen LogP contribution < -0.4 is 5.32 Å². The topological polar surface area (TPSA) is 84.9 Å². The van der Waals surface area contributed by atoms with Crippen molar-refractivity contribution in [3.05, 3.63) is 106 Å². The fraction of sp³-hybridized carbons (Fsp3) is 0.154. The summed E-state index contributed by atoms with van der Waals surface area (Å²) in [6.45, 7) is 3.78. The van der Waals surface area contributed by atoms with Crippen LogP contribution in [-0.2, 0) is 15.9 Å². The van der Waals surface area contributed by atoms with Gasteiger partial charge in [-0.3, -0.25) is 4.79 Å². The van der Waals surface area contributed by atoms with Gasteiger partial charge in [0.15, 0.2) is 5.76 Å². The van der Waals surface area contributed by atoms with E-state index in [4.69, 9.17) is 9.47 Å². The molecule has 1 atom stereocenters. The molecule has 32 heavy (non-hydrogen) atoms. The van der Waals surface area contributed by atoms with Crippen LogP contribution in [-0.4, -0.2) is 23.3 Å². The van der Waals surface area contributed by atoms with Crippen molar-refractivity contribution in [3.63, 3.8) is 0 Å². The van der Waals surface area contributed by atoms with Gasteiger partial charge in [-0.15, -0.1) is 0 Å². The fourth-order valence-corrected chi connectivity index (χ4v) is 3.54. The quantitative estimate of drug-likeness (QED) is 0.565. The number of carbonyl (C=O) groups is 2. The van der Waals surface area contributed by atoms with Crippen LogP contribution in [0.5, 0.6) is 0 Å². The average Bonchev–Trinajstić information content (AvgIpc) is 3.24. The molecule has 3 aromatic carbocycles. The van der Waals surface area contributed by atoms with Crippen LogP contribution in [0.2, 0.25) is 0 Å². The number of carboxylic acid groups (broad SMARTS) is 1. The lowest BCUT2D eigenvalue weighted by atomic mass is 10.0. The zero-order chi connectivity index (χ0) is 22.7. The van der Waals surface area contributed by atoms with Crippen molar-refractivity contribution in [2.75, 3.05) is 5.32 Å². The van der Waals surface area contributed by atoms with Crippen LogP contribution in [0.3, 0.4) is 0 Å². The molecule has 0 fully saturated rings. The van der Waals surface area contributed by atoms with E-state index < -0.39 is 12.3 Å². The number of carbonyl (C=O) groups excluding carboxylic acids is 1. The van der Waals surface area contributed by atoms with Crippen LogP contribution in [0, 0.1) is 13.8 Å². The van der Waals surface area contributed by atoms with Crippen molar-refractivity contribution < 1.29 is 24.2 Å². The summed E-state index contributed by atoms with van der Waals surface area (Å²) >= 11 is 0. The molecule has 0 saturated carbocycles. The molecule has 0 radical (unpaired) electrons. The molecule has 0 aliphatic carbocycles. The number of aromatic carboxylic acids is 1. The monoisotopic (exact) mass is 429 g/mol. The second-order valence-corrected chi connectivity index (χ2v) is 7.62. The molecule has 162 valence electrons. The standard InChI is InChI=1S/C26H23NO5/c1-16-7-6-10-20(17(16)2)25(28)27-22-14-19(11-12-21(22)26(29)30)23-15-31-24(32-23)13-18-8-4-3-5-9-18/h3-12,14-15,24H,13H2,1-2H3,(H,27,28)(H,29,30). The molecule has 0 saturated heterocycles. The van der Waals surface area contributed by atoms with Crippen LogP contribution in [0.15, 0.2) is 73.0 Å². The lowest BCUT2D eigenvalue weighted by molar-refractivity contribution is -0.0136. The van der Waals surface area contributed by atoms with Crippen LogP contribution in [0.25, 0.3) is 5.76 Å². The normalized spacial score (nSPS) is 14.8. The minimum atomic E-state index is -1.13. The summed E-state index contributed by atoms with van der Waals surface area (Å²) in [4.78, 5) is 24.6. The van der Waals surface area contributed by atoms with Crippen molar-refractivity contribution in [2.45, 2.75) is 26.6 Å². The summed E-state index contributed by atoms with van der Waals surface area (Å²) in [5, 5.41) is 12.3. The number of nitrogens with one attached hydrogen (secondary N) is 1. The second kappa shape index (κ2) is 8.98. The molecule has 1 heterocycles. The van der Waals surface area contributed by atoms with Crippen LogP contribution >= 0.6 is 0 Å². The van der Waals surface area contributed by atoms with Crippen molar-refractivity contribution in [3.8, 4) is 0 Å². The third kappa shape index (κ3) is 4.49. The predicted molar refractivity (Wildman–Crippen MR) is 121 cm³/mol. The number of aryl methyl sites for hydroxylation is 1. The van der Waals surface area contributed by atoms with Gasteiger partial charge in [-0.25, -0.2) is 4.79 Å². The fourth-order valence-electron chi connectivity index (χ4n) is 3.54. The van der Waals surface area contributed by atoms with Crippen molar-refractivity contribution in [2.24, 2.45) is 0 Å². The van der Waals surface area contributed by atoms with Gasteiger partial charge in [-0.2, -0.15) is 0 Å². The van der Waals surface area contributed by atoms with E-state index in [2.05, 4.69) is 5.32 Å². The van der Waals surface area contributed by atoms with E-state index in [0.29, 0.717) is 23.3 Å². The van der Waals surface area contributed by atoms with Gasteiger partial charge in [0.2, 0.25) is 6.29 Å². The van der Waals surface area contributed by atoms with E-state index in [1.54, 1.807) is 24.3 Å². The van der Waals surface area contributed by atoms with E-state index in [0.717, 1.165) is 16.7 Å². The third-order valence-corrected chi connectivity index (χ3v) is 5.46. The Morgan fingerprint density at radius 1 is 0.969 bits per heavy atom. The number of hydrogen-bond donors (Lipinski definition) is 2. The van der Waals surface area contributed by atoms with E-state index in [1.807, 2.05) is 50.2 Å². The number of ether oxygens (including phenoxy) is 2. The largest absolute Gasteiger partial charge is 0.478 e. The van der Waals surface area contributed by atoms with Gasteiger partial charge in [0.05, 0.1) is 11.3 Å². The van der Waals surface area contributed by atoms with Gasteiger partial charge in [-0.1, -0.05) is 48.5 Å². The first-order valence-corrected chi connectivity index (χ1v) is 10.2. The number of rotatable bonds is 6. The Morgan fingerprint density at radius 3 is 2.50 bits per heavy atom. The highest BCUT2D eigenvalue weighted by atomic mass is 16.7. The summed E-state index contributed by atoms with van der Waals surface area (Å²) in [6, 6.07) is 19.9. The zero-order valence-corrected chi connectivity index (χ0v) is 17.8. The molecule has 1 aliphatic heterocycles. The Bertz CT molecular complexity index is 1200. The van der Waals surface area contributed by atoms with Crippen LogP contribution in [0.1, 0.15) is 43.0 Å². The van der Waals surface area contributed by atoms with E-state index in [-0.39, 0.29) is 17.2 Å². The van der Waals surface area contributed by atoms with E-state index >= 15 is 0 Å². The summed E-state index contributed by atoms with van der Waals surface area (Å²) in [7, 11) is 0. The SMILES string of the molecule is Cc1cccc(C(=O)Nc2cc(C3=COC(Cc4ccccc4)O3)ccc2C(=O)O)c1C. The molecule has 0 spiro atoms. The molecule has 3 aromatic rings. The van der Waals surface area contributed by atoms with Gasteiger partial charge < -0.3 is 19.9 Å². The third-order valence-electron chi connectivity index (χ3n) is 5.46. The summed E-state index contributed by atoms with van der Waals surface area (Å²) in [6.07, 6.45) is 1.61. The first kappa shape index (κ1) is 21.2. The van der Waals surface area contributed by atoms with Gasteiger partial charge >= 0.3 is 5.97 Å². The maximum Gasteiger partial charge on any atom is 0.337 e. The molecule has 1 unspecified atom stereocenters. The molecule has 6 heteroatoms. The number of anilines is 1. The first-order valence-electron chi connectivity index (χ1n) is 10.2. The molecule has 1 amide bonds. The zero-order valence-electron chi connectivity index (χ0n) is 17.8. The molecule has 0 bridgehead atoms. The second-order valence-electron chi connectivity index (χ2n) is 7.62. The van der Waals surface area contributed by atoms with Crippen LogP contribution in [0.4, 0.5) is 5.69 Å². The number of benzene rings is 3. The van der Waals surface area contributed by atoms with Gasteiger partial charge in [0.25, 0.3) is 5.91 Å². The van der Waals surface area contributed by atoms with Gasteiger partial charge in [0.1, 0.15) is 6.26 Å². The lowest BCUT2D eigenvalue weighted by Gasteiger charge is -2.14. The minimum absolute atomic E-state index is 0.00671. The van der Waals surface area contributed by atoms with Crippen molar-refractivity contribution in [1.29, 1.82) is 0 Å². The Morgan fingerprint density at radius 2 is 1.75 bits per heavy atom. The lowest BCUT2D eigenvalue weighted by Crippen LogP contribution is -2.16. The van der Waals surface area contributed by atoms with Gasteiger partial charge in [0, 0.05) is 17.5 Å². The molecule has 4 rings (SSSR count). The minimum Gasteiger partial charge on any atom is -0.478 e. The highest BCUT2D eigenvalue weighted by Gasteiger charge is 2.23. The summed E-state index contributed by atoms with van der Waals surface area (Å²) in [5.74, 6) is -1.03. The van der Waals surface area contributed by atoms with E-state index in [1.165, 1.54) is 12.3 Å². The molecular formula is C26H23NO5. The molecule has 2 N–H and O–H groups in total. The Labute approximate surface area is 186 Å². The molecule has 6 nitrogen and oxygen atoms in total. The maximum atomic E-state index is 12.9. The highest BCUT2D eigenvalue weighted by Crippen LogP contribution is 2.30. The number of hydrogen-bond acceptors (Lipinski definition) is 4. The Balaban J connectivity index is 1.55. The van der Waals surface area contributed by atoms with E-state index in [9.17, 15) is 14.7 Å². The van der Waals surface area contributed by atoms with Gasteiger partial charge in [-0.05, 0) is 48.7 Å². The molecular weight excluding hydrogens is 406 g/mol. The average molecular weight is 429 g/mol. The summed E-state index contributed by atoms with van der Waals surface area (Å²) < 4.78 is 11.5. The number of amides is 1. The van der Waals surface area contributed by atoms with Crippen molar-refractivity contribution >= 4 is 23.3 Å². The highest BCUT2D eigenvalue weighted by molar-refractivity contribution is 6.08. The Kier molecular flexibility index (Phi) is 5.94. The number of carboxylic acids is 1. The maximum absolute atomic E-state index is 12.9. The predicted octanol–water partition coefficient (Wildman–Crippen LogP) is 5.17. The Hall–Kier alpha value is -4.06. The summed E-state index contributed by atoms with van der Waals surface area (Å²) in [5.41, 5.74) is 4.20. The molecule has 1 aliphatic rings. The smallest absolute Gasteiger partial charge is 0.337 e. The first-order chi connectivity index (χ1) is 15.4. The molecule has 0 aromatic heterocycles.